The fraction of sp³-hybridized carbons (Fsp3) is 0.0213. The van der Waals surface area contributed by atoms with Crippen molar-refractivity contribution in [3.63, 3.8) is 0 Å². The van der Waals surface area contributed by atoms with Crippen molar-refractivity contribution in [2.75, 3.05) is 0 Å². The van der Waals surface area contributed by atoms with Gasteiger partial charge >= 0.3 is 0 Å². The Bertz CT molecular complexity index is 2670. The molecule has 0 fully saturated rings. The number of rotatable bonds is 4. The SMILES string of the molecule is C=Cc1c(/C=C\C)sc2c1ccc1c3cc(-c4ccc5c6c(cccc46)-c4ccccc4-5)ccc3n(-c3ccccc3)c12.c1ccccc1. The number of hydrogen-bond donors (Lipinski definition) is 0. The van der Waals surface area contributed by atoms with Gasteiger partial charge in [-0.2, -0.15) is 0 Å². The third-order valence-corrected chi connectivity index (χ3v) is 10.9. The molecule has 0 N–H and O–H groups in total. The van der Waals surface area contributed by atoms with Gasteiger partial charge in [0.25, 0.3) is 0 Å². The quantitative estimate of drug-likeness (QED) is 0.180. The third-order valence-electron chi connectivity index (χ3n) is 9.71. The zero-order valence-electron chi connectivity index (χ0n) is 27.2. The van der Waals surface area contributed by atoms with Crippen molar-refractivity contribution in [3.8, 4) is 39.1 Å². The molecule has 0 bridgehead atoms. The van der Waals surface area contributed by atoms with Crippen LogP contribution in [0.25, 0.3) is 93.9 Å². The second-order valence-corrected chi connectivity index (χ2v) is 13.5. The largest absolute Gasteiger partial charge is 0.308 e. The Labute approximate surface area is 290 Å². The maximum atomic E-state index is 4.17. The molecular formula is C47H33NS. The maximum Gasteiger partial charge on any atom is 0.0719 e. The Morgan fingerprint density at radius 3 is 1.90 bits per heavy atom. The highest BCUT2D eigenvalue weighted by atomic mass is 32.1. The van der Waals surface area contributed by atoms with Crippen LogP contribution in [0.1, 0.15) is 17.4 Å². The van der Waals surface area contributed by atoms with Crippen LogP contribution >= 0.6 is 11.3 Å². The van der Waals surface area contributed by atoms with Crippen LogP contribution in [0.15, 0.2) is 164 Å². The molecule has 1 nitrogen and oxygen atoms in total. The number of allylic oxidation sites excluding steroid dienone is 1. The van der Waals surface area contributed by atoms with Crippen molar-refractivity contribution < 1.29 is 0 Å². The minimum absolute atomic E-state index is 1.17. The van der Waals surface area contributed by atoms with Gasteiger partial charge in [-0.1, -0.05) is 146 Å². The van der Waals surface area contributed by atoms with E-state index >= 15 is 0 Å². The molecule has 7 aromatic carbocycles. The molecule has 0 saturated heterocycles. The Kier molecular flexibility index (Phi) is 7.11. The first-order chi connectivity index (χ1) is 24.3. The van der Waals surface area contributed by atoms with Crippen LogP contribution in [-0.4, -0.2) is 4.57 Å². The Morgan fingerprint density at radius 2 is 1.18 bits per heavy atom. The van der Waals surface area contributed by atoms with E-state index in [1.807, 2.05) is 53.8 Å². The lowest BCUT2D eigenvalue weighted by Crippen LogP contribution is -1.93. The molecule has 0 atom stereocenters. The second kappa shape index (κ2) is 11.9. The number of nitrogens with zero attached hydrogens (tertiary/aromatic N) is 1. The lowest BCUT2D eigenvalue weighted by molar-refractivity contribution is 1.19. The van der Waals surface area contributed by atoms with Crippen molar-refractivity contribution in [2.45, 2.75) is 6.92 Å². The number of aromatic nitrogens is 1. The van der Waals surface area contributed by atoms with E-state index in [0.29, 0.717) is 0 Å². The van der Waals surface area contributed by atoms with Crippen molar-refractivity contribution in [3.05, 3.63) is 175 Å². The lowest BCUT2D eigenvalue weighted by atomic mass is 9.93. The summed E-state index contributed by atoms with van der Waals surface area (Å²) in [5.74, 6) is 0. The molecule has 9 aromatic rings. The molecule has 232 valence electrons. The van der Waals surface area contributed by atoms with Crippen molar-refractivity contribution in [1.29, 1.82) is 0 Å². The van der Waals surface area contributed by atoms with E-state index in [9.17, 15) is 0 Å². The van der Waals surface area contributed by atoms with Gasteiger partial charge in [0, 0.05) is 26.7 Å². The highest BCUT2D eigenvalue weighted by Gasteiger charge is 2.23. The average molecular weight is 644 g/mol. The molecule has 0 amide bonds. The molecular weight excluding hydrogens is 611 g/mol. The van der Waals surface area contributed by atoms with Gasteiger partial charge in [0.1, 0.15) is 0 Å². The molecule has 2 heteroatoms. The summed E-state index contributed by atoms with van der Waals surface area (Å²) in [4.78, 5) is 1.25. The van der Waals surface area contributed by atoms with Gasteiger partial charge in [0.2, 0.25) is 0 Å². The van der Waals surface area contributed by atoms with Crippen molar-refractivity contribution in [2.24, 2.45) is 0 Å². The van der Waals surface area contributed by atoms with Crippen LogP contribution in [0.3, 0.4) is 0 Å². The van der Waals surface area contributed by atoms with E-state index in [1.165, 1.54) is 92.2 Å². The van der Waals surface area contributed by atoms with E-state index in [-0.39, 0.29) is 0 Å². The minimum Gasteiger partial charge on any atom is -0.308 e. The fourth-order valence-electron chi connectivity index (χ4n) is 7.63. The van der Waals surface area contributed by atoms with Crippen LogP contribution in [0.4, 0.5) is 0 Å². The summed E-state index contributed by atoms with van der Waals surface area (Å²) < 4.78 is 3.74. The predicted octanol–water partition coefficient (Wildman–Crippen LogP) is 13.8. The van der Waals surface area contributed by atoms with Crippen LogP contribution in [0.5, 0.6) is 0 Å². The molecule has 0 radical (unpaired) electrons. The van der Waals surface area contributed by atoms with Crippen LogP contribution in [0.2, 0.25) is 0 Å². The standard InChI is InChI=1S/C41H27NS.C6H6/c1-3-11-38-27(4-2)35-22-21-34-36-24-25(18-23-37(36)42(40(34)41(35)43-38)26-12-6-5-7-13-26)28-19-20-33-30-15-9-8-14-29(30)32-17-10-16-31(28)39(32)33;1-2-4-6-5-3-1/h3-24H,2H2,1H3;1-6H/b11-3-;. The summed E-state index contributed by atoms with van der Waals surface area (Å²) in [6.45, 7) is 6.24. The molecule has 1 aliphatic carbocycles. The lowest BCUT2D eigenvalue weighted by Gasteiger charge is -2.11. The molecule has 1 aliphatic rings. The van der Waals surface area contributed by atoms with Gasteiger partial charge in [-0.05, 0) is 87.0 Å². The summed E-state index contributed by atoms with van der Waals surface area (Å²) in [5, 5.41) is 6.47. The summed E-state index contributed by atoms with van der Waals surface area (Å²) >= 11 is 1.85. The smallest absolute Gasteiger partial charge is 0.0719 e. The molecule has 0 unspecified atom stereocenters. The molecule has 49 heavy (non-hydrogen) atoms. The normalized spacial score (nSPS) is 11.8. The van der Waals surface area contributed by atoms with Crippen molar-refractivity contribution in [1.82, 2.24) is 4.57 Å². The van der Waals surface area contributed by atoms with Crippen LogP contribution in [0, 0.1) is 0 Å². The summed E-state index contributed by atoms with van der Waals surface area (Å²) in [6, 6.07) is 54.6. The first kappa shape index (κ1) is 29.2. The predicted molar refractivity (Wildman–Crippen MR) is 215 cm³/mol. The first-order valence-electron chi connectivity index (χ1n) is 16.8. The molecule has 10 rings (SSSR count). The van der Waals surface area contributed by atoms with Gasteiger partial charge in [-0.15, -0.1) is 11.3 Å². The van der Waals surface area contributed by atoms with E-state index in [2.05, 4.69) is 145 Å². The first-order valence-corrected chi connectivity index (χ1v) is 17.6. The average Bonchev–Trinajstić information content (AvgIpc) is 3.81. The zero-order chi connectivity index (χ0) is 32.9. The van der Waals surface area contributed by atoms with Crippen LogP contribution in [-0.2, 0) is 0 Å². The van der Waals surface area contributed by atoms with E-state index in [4.69, 9.17) is 0 Å². The van der Waals surface area contributed by atoms with Gasteiger partial charge in [-0.3, -0.25) is 0 Å². The number of benzene rings is 7. The van der Waals surface area contributed by atoms with Gasteiger partial charge in [0.15, 0.2) is 0 Å². The summed E-state index contributed by atoms with van der Waals surface area (Å²) in [6.07, 6.45) is 6.32. The van der Waals surface area contributed by atoms with E-state index in [1.54, 1.807) is 0 Å². The highest BCUT2D eigenvalue weighted by molar-refractivity contribution is 7.21. The zero-order valence-corrected chi connectivity index (χ0v) is 28.0. The fourth-order valence-corrected chi connectivity index (χ4v) is 8.95. The number of thiophene rings is 1. The molecule has 0 saturated carbocycles. The molecule has 0 spiro atoms. The van der Waals surface area contributed by atoms with Crippen molar-refractivity contribution >= 4 is 66.2 Å². The van der Waals surface area contributed by atoms with Gasteiger partial charge < -0.3 is 4.57 Å². The van der Waals surface area contributed by atoms with Gasteiger partial charge in [0.05, 0.1) is 15.7 Å². The Hall–Kier alpha value is -5.96. The topological polar surface area (TPSA) is 4.93 Å². The second-order valence-electron chi connectivity index (χ2n) is 12.4. The molecule has 0 aliphatic heterocycles. The highest BCUT2D eigenvalue weighted by Crippen LogP contribution is 2.50. The van der Waals surface area contributed by atoms with E-state index in [0.717, 1.165) is 0 Å². The number of hydrogen-bond acceptors (Lipinski definition) is 1. The monoisotopic (exact) mass is 643 g/mol. The molecule has 2 aromatic heterocycles. The minimum atomic E-state index is 1.17. The summed E-state index contributed by atoms with van der Waals surface area (Å²) in [5.41, 5.74) is 12.7. The van der Waals surface area contributed by atoms with E-state index < -0.39 is 0 Å². The number of fused-ring (bicyclic) bond motifs is 8. The molecule has 2 heterocycles. The Morgan fingerprint density at radius 1 is 0.551 bits per heavy atom. The summed E-state index contributed by atoms with van der Waals surface area (Å²) in [7, 11) is 0. The maximum absolute atomic E-state index is 4.17. The number of para-hydroxylation sites is 1. The van der Waals surface area contributed by atoms with Gasteiger partial charge in [-0.25, -0.2) is 0 Å². The Balaban J connectivity index is 0.000000492. The van der Waals surface area contributed by atoms with Crippen LogP contribution < -0.4 is 0 Å². The third kappa shape index (κ3) is 4.60.